The van der Waals surface area contributed by atoms with Crippen LogP contribution >= 0.6 is 0 Å². The number of carbonyl (C=O) groups is 2. The van der Waals surface area contributed by atoms with Crippen molar-refractivity contribution in [2.45, 2.75) is 32.2 Å². The lowest BCUT2D eigenvalue weighted by molar-refractivity contribution is -0.117. The first kappa shape index (κ1) is 17.6. The Morgan fingerprint density at radius 1 is 1.07 bits per heavy atom. The number of anilines is 1. The molecule has 2 aromatic rings. The van der Waals surface area contributed by atoms with Crippen molar-refractivity contribution < 1.29 is 14.3 Å². The summed E-state index contributed by atoms with van der Waals surface area (Å²) in [7, 11) is 1.67. The third-order valence-corrected chi connectivity index (χ3v) is 5.65. The molecule has 0 saturated carbocycles. The van der Waals surface area contributed by atoms with E-state index in [-0.39, 0.29) is 17.9 Å². The SMILES string of the molecule is COc1ccc2c(c1)CCN(C(=O)c1ccc(N3CCCC3=O)cc1)C2C. The first-order valence-electron chi connectivity index (χ1n) is 9.46. The van der Waals surface area contributed by atoms with Crippen LogP contribution in [0.25, 0.3) is 0 Å². The van der Waals surface area contributed by atoms with Crippen LogP contribution in [0.4, 0.5) is 5.69 Å². The van der Waals surface area contributed by atoms with E-state index >= 15 is 0 Å². The van der Waals surface area contributed by atoms with Gasteiger partial charge in [-0.25, -0.2) is 0 Å². The summed E-state index contributed by atoms with van der Waals surface area (Å²) in [5.41, 5.74) is 3.95. The van der Waals surface area contributed by atoms with Gasteiger partial charge in [0.25, 0.3) is 5.91 Å². The lowest BCUT2D eigenvalue weighted by Gasteiger charge is -2.35. The number of methoxy groups -OCH3 is 1. The zero-order chi connectivity index (χ0) is 19.0. The maximum atomic E-state index is 13.1. The Bertz CT molecular complexity index is 876. The van der Waals surface area contributed by atoms with Crippen molar-refractivity contribution in [3.05, 3.63) is 59.2 Å². The molecule has 4 rings (SSSR count). The predicted octanol–water partition coefficient (Wildman–Crippen LogP) is 3.58. The maximum absolute atomic E-state index is 13.1. The number of carbonyl (C=O) groups excluding carboxylic acids is 2. The highest BCUT2D eigenvalue weighted by molar-refractivity contribution is 5.97. The molecule has 2 aliphatic heterocycles. The van der Waals surface area contributed by atoms with Gasteiger partial charge < -0.3 is 14.5 Å². The van der Waals surface area contributed by atoms with Crippen LogP contribution in [0.1, 0.15) is 47.3 Å². The van der Waals surface area contributed by atoms with E-state index in [1.807, 2.05) is 35.2 Å². The number of hydrogen-bond acceptors (Lipinski definition) is 3. The molecule has 2 amide bonds. The van der Waals surface area contributed by atoms with Crippen LogP contribution < -0.4 is 9.64 Å². The molecule has 1 atom stereocenters. The molecule has 0 aliphatic carbocycles. The molecule has 0 bridgehead atoms. The molecule has 5 nitrogen and oxygen atoms in total. The van der Waals surface area contributed by atoms with Gasteiger partial charge in [-0.3, -0.25) is 9.59 Å². The van der Waals surface area contributed by atoms with Crippen LogP contribution in [-0.2, 0) is 11.2 Å². The van der Waals surface area contributed by atoms with E-state index in [0.717, 1.165) is 30.8 Å². The van der Waals surface area contributed by atoms with Crippen molar-refractivity contribution in [2.24, 2.45) is 0 Å². The molecule has 0 spiro atoms. The molecule has 27 heavy (non-hydrogen) atoms. The molecule has 2 heterocycles. The summed E-state index contributed by atoms with van der Waals surface area (Å²) in [5.74, 6) is 1.04. The van der Waals surface area contributed by atoms with Crippen LogP contribution in [0.15, 0.2) is 42.5 Å². The van der Waals surface area contributed by atoms with Crippen molar-refractivity contribution in [1.82, 2.24) is 4.90 Å². The van der Waals surface area contributed by atoms with E-state index in [1.54, 1.807) is 12.0 Å². The smallest absolute Gasteiger partial charge is 0.254 e. The van der Waals surface area contributed by atoms with Gasteiger partial charge in [0.15, 0.2) is 0 Å². The molecule has 140 valence electrons. The minimum absolute atomic E-state index is 0.0204. The van der Waals surface area contributed by atoms with Crippen LogP contribution in [-0.4, -0.2) is 36.9 Å². The van der Waals surface area contributed by atoms with Crippen LogP contribution in [0.2, 0.25) is 0 Å². The molecule has 1 unspecified atom stereocenters. The summed E-state index contributed by atoms with van der Waals surface area (Å²) >= 11 is 0. The second kappa shape index (κ2) is 7.06. The van der Waals surface area contributed by atoms with Gasteiger partial charge in [0.05, 0.1) is 13.2 Å². The fraction of sp³-hybridized carbons (Fsp3) is 0.364. The third-order valence-electron chi connectivity index (χ3n) is 5.65. The summed E-state index contributed by atoms with van der Waals surface area (Å²) in [6.45, 7) is 3.52. The molecule has 0 aromatic heterocycles. The minimum Gasteiger partial charge on any atom is -0.497 e. The number of benzene rings is 2. The Labute approximate surface area is 159 Å². The fourth-order valence-corrected chi connectivity index (χ4v) is 4.08. The lowest BCUT2D eigenvalue weighted by Crippen LogP contribution is -2.38. The summed E-state index contributed by atoms with van der Waals surface area (Å²) in [4.78, 5) is 28.7. The summed E-state index contributed by atoms with van der Waals surface area (Å²) in [6.07, 6.45) is 2.33. The number of fused-ring (bicyclic) bond motifs is 1. The van der Waals surface area contributed by atoms with Gasteiger partial charge in [-0.1, -0.05) is 6.07 Å². The molecule has 1 fully saturated rings. The normalized spacial score (nSPS) is 19.2. The van der Waals surface area contributed by atoms with Gasteiger partial charge in [0.2, 0.25) is 5.91 Å². The topological polar surface area (TPSA) is 49.9 Å². The summed E-state index contributed by atoms with van der Waals surface area (Å²) < 4.78 is 5.31. The van der Waals surface area contributed by atoms with E-state index < -0.39 is 0 Å². The number of amides is 2. The van der Waals surface area contributed by atoms with Crippen molar-refractivity contribution in [3.8, 4) is 5.75 Å². The van der Waals surface area contributed by atoms with Crippen LogP contribution in [0.3, 0.4) is 0 Å². The van der Waals surface area contributed by atoms with Gasteiger partial charge in [-0.2, -0.15) is 0 Å². The maximum Gasteiger partial charge on any atom is 0.254 e. The van der Waals surface area contributed by atoms with Crippen LogP contribution in [0, 0.1) is 0 Å². The van der Waals surface area contributed by atoms with Gasteiger partial charge in [-0.05, 0) is 67.3 Å². The fourth-order valence-electron chi connectivity index (χ4n) is 4.08. The second-order valence-corrected chi connectivity index (χ2v) is 7.19. The monoisotopic (exact) mass is 364 g/mol. The van der Waals surface area contributed by atoms with Crippen molar-refractivity contribution in [3.63, 3.8) is 0 Å². The average Bonchev–Trinajstić information content (AvgIpc) is 3.13. The molecule has 5 heteroatoms. The predicted molar refractivity (Wildman–Crippen MR) is 104 cm³/mol. The Morgan fingerprint density at radius 3 is 2.52 bits per heavy atom. The average molecular weight is 364 g/mol. The molecule has 0 N–H and O–H groups in total. The van der Waals surface area contributed by atoms with Crippen molar-refractivity contribution in [1.29, 1.82) is 0 Å². The molecule has 2 aromatic carbocycles. The largest absolute Gasteiger partial charge is 0.497 e. The highest BCUT2D eigenvalue weighted by atomic mass is 16.5. The van der Waals surface area contributed by atoms with Gasteiger partial charge in [0.1, 0.15) is 5.75 Å². The Hall–Kier alpha value is -2.82. The molecular weight excluding hydrogens is 340 g/mol. The number of hydrogen-bond donors (Lipinski definition) is 0. The second-order valence-electron chi connectivity index (χ2n) is 7.19. The number of nitrogens with zero attached hydrogens (tertiary/aromatic N) is 2. The quantitative estimate of drug-likeness (QED) is 0.836. The lowest BCUT2D eigenvalue weighted by atomic mass is 9.92. The summed E-state index contributed by atoms with van der Waals surface area (Å²) in [5, 5.41) is 0. The first-order chi connectivity index (χ1) is 13.1. The zero-order valence-electron chi connectivity index (χ0n) is 15.8. The van der Waals surface area contributed by atoms with Crippen LogP contribution in [0.5, 0.6) is 5.75 Å². The molecule has 2 aliphatic rings. The van der Waals surface area contributed by atoms with E-state index in [4.69, 9.17) is 4.74 Å². The summed E-state index contributed by atoms with van der Waals surface area (Å²) in [6, 6.07) is 13.5. The third kappa shape index (κ3) is 3.18. The number of rotatable bonds is 3. The minimum atomic E-state index is 0.0204. The van der Waals surface area contributed by atoms with E-state index in [0.29, 0.717) is 18.5 Å². The first-order valence-corrected chi connectivity index (χ1v) is 9.46. The Morgan fingerprint density at radius 2 is 1.85 bits per heavy atom. The zero-order valence-corrected chi connectivity index (χ0v) is 15.8. The standard InChI is InChI=1S/C22H24N2O3/c1-15-20-10-9-19(27-2)14-17(20)11-13-23(15)22(26)16-5-7-18(8-6-16)24-12-3-4-21(24)25/h5-10,14-15H,3-4,11-13H2,1-2H3. The molecule has 1 saturated heterocycles. The van der Waals surface area contributed by atoms with Gasteiger partial charge in [-0.15, -0.1) is 0 Å². The Balaban J connectivity index is 1.53. The van der Waals surface area contributed by atoms with E-state index in [2.05, 4.69) is 19.1 Å². The highest BCUT2D eigenvalue weighted by Crippen LogP contribution is 2.33. The van der Waals surface area contributed by atoms with Crippen molar-refractivity contribution >= 4 is 17.5 Å². The van der Waals surface area contributed by atoms with E-state index in [1.165, 1.54) is 11.1 Å². The Kier molecular flexibility index (Phi) is 4.60. The molecular formula is C22H24N2O3. The van der Waals surface area contributed by atoms with E-state index in [9.17, 15) is 9.59 Å². The molecule has 0 radical (unpaired) electrons. The highest BCUT2D eigenvalue weighted by Gasteiger charge is 2.29. The van der Waals surface area contributed by atoms with Crippen molar-refractivity contribution in [2.75, 3.05) is 25.1 Å². The van der Waals surface area contributed by atoms with Gasteiger partial charge in [0, 0.05) is 30.8 Å². The number of ether oxygens (including phenoxy) is 1. The van der Waals surface area contributed by atoms with Gasteiger partial charge >= 0.3 is 0 Å².